The molecule has 7 nitrogen and oxygen atoms in total. The van der Waals surface area contributed by atoms with Gasteiger partial charge < -0.3 is 4.74 Å². The molecule has 0 saturated carbocycles. The lowest BCUT2D eigenvalue weighted by atomic mass is 10.0. The molecule has 1 heterocycles. The fraction of sp³-hybridized carbons (Fsp3) is 0.152. The molecule has 0 bridgehead atoms. The Morgan fingerprint density at radius 1 is 0.837 bits per heavy atom. The van der Waals surface area contributed by atoms with Crippen LogP contribution >= 0.6 is 0 Å². The molecule has 0 unspecified atom stereocenters. The molecule has 10 heteroatoms. The topological polar surface area (TPSA) is 85.7 Å². The van der Waals surface area contributed by atoms with Crippen molar-refractivity contribution in [3.8, 4) is 11.1 Å². The molecule has 5 aromatic rings. The Hall–Kier alpha value is -4.83. The minimum atomic E-state index is -3.96. The van der Waals surface area contributed by atoms with Gasteiger partial charge in [0.2, 0.25) is 0 Å². The Bertz CT molecular complexity index is 1930. The smallest absolute Gasteiger partial charge is 0.326 e. The molecule has 0 N–H and O–H groups in total. The highest BCUT2D eigenvalue weighted by molar-refractivity contribution is 7.90. The number of carbonyl (C=O) groups excluding carboxylic acids is 2. The lowest BCUT2D eigenvalue weighted by molar-refractivity contribution is -0.152. The van der Waals surface area contributed by atoms with E-state index in [0.717, 1.165) is 23.1 Å². The first-order valence-corrected chi connectivity index (χ1v) is 14.8. The quantitative estimate of drug-likeness (QED) is 0.191. The van der Waals surface area contributed by atoms with Gasteiger partial charge in [0.1, 0.15) is 29.3 Å². The van der Waals surface area contributed by atoms with Gasteiger partial charge >= 0.3 is 5.97 Å². The van der Waals surface area contributed by atoms with E-state index in [9.17, 15) is 26.8 Å². The summed E-state index contributed by atoms with van der Waals surface area (Å²) < 4.78 is 63.2. The summed E-state index contributed by atoms with van der Waals surface area (Å²) in [5.41, 5.74) is -0.0729. The van der Waals surface area contributed by atoms with E-state index in [2.05, 4.69) is 0 Å². The third-order valence-electron chi connectivity index (χ3n) is 6.58. The SMILES string of the molecule is CC(C)(C)OC(=O)CN(C(=O)c1c(F)cccc1F)c1cccc(-c2cn(S(=O)(=O)c3ccccc3)c3ccccc23)c1. The third-order valence-corrected chi connectivity index (χ3v) is 8.26. The summed E-state index contributed by atoms with van der Waals surface area (Å²) in [5, 5.41) is 0.615. The maximum absolute atomic E-state index is 14.7. The van der Waals surface area contributed by atoms with Gasteiger partial charge in [-0.1, -0.05) is 54.6 Å². The zero-order chi connectivity index (χ0) is 30.9. The van der Waals surface area contributed by atoms with Gasteiger partial charge in [0.15, 0.2) is 0 Å². The van der Waals surface area contributed by atoms with Gasteiger partial charge in [0.05, 0.1) is 10.4 Å². The first-order chi connectivity index (χ1) is 20.4. The third kappa shape index (κ3) is 6.05. The van der Waals surface area contributed by atoms with Crippen molar-refractivity contribution in [2.75, 3.05) is 11.4 Å². The van der Waals surface area contributed by atoms with Crippen molar-refractivity contribution in [3.05, 3.63) is 120 Å². The number of para-hydroxylation sites is 1. The largest absolute Gasteiger partial charge is 0.459 e. The van der Waals surface area contributed by atoms with E-state index >= 15 is 0 Å². The van der Waals surface area contributed by atoms with Gasteiger partial charge in [-0.15, -0.1) is 0 Å². The Kier molecular flexibility index (Phi) is 7.90. The minimum absolute atomic E-state index is 0.108. The van der Waals surface area contributed by atoms with E-state index in [0.29, 0.717) is 22.0 Å². The number of carbonyl (C=O) groups is 2. The van der Waals surface area contributed by atoms with Crippen molar-refractivity contribution in [1.29, 1.82) is 0 Å². The number of nitrogens with zero attached hydrogens (tertiary/aromatic N) is 2. The molecule has 43 heavy (non-hydrogen) atoms. The number of anilines is 1. The molecule has 5 rings (SSSR count). The molecule has 220 valence electrons. The summed E-state index contributed by atoms with van der Waals surface area (Å²) in [6.45, 7) is 4.35. The van der Waals surface area contributed by atoms with Crippen molar-refractivity contribution < 1.29 is 31.5 Å². The molecule has 1 aromatic heterocycles. The predicted molar refractivity (Wildman–Crippen MR) is 160 cm³/mol. The highest BCUT2D eigenvalue weighted by Gasteiger charge is 2.29. The number of hydrogen-bond donors (Lipinski definition) is 0. The molecule has 0 fully saturated rings. The van der Waals surface area contributed by atoms with E-state index < -0.39 is 51.2 Å². The minimum Gasteiger partial charge on any atom is -0.459 e. The molecule has 0 aliphatic rings. The van der Waals surface area contributed by atoms with Gasteiger partial charge in [0, 0.05) is 22.8 Å². The number of rotatable bonds is 7. The van der Waals surface area contributed by atoms with Crippen molar-refractivity contribution >= 4 is 38.5 Å². The van der Waals surface area contributed by atoms with E-state index in [1.807, 2.05) is 0 Å². The van der Waals surface area contributed by atoms with Crippen LogP contribution < -0.4 is 4.90 Å². The summed E-state index contributed by atoms with van der Waals surface area (Å²) >= 11 is 0. The van der Waals surface area contributed by atoms with E-state index in [-0.39, 0.29) is 10.6 Å². The number of aromatic nitrogens is 1. The van der Waals surface area contributed by atoms with Gasteiger partial charge in [-0.3, -0.25) is 14.5 Å². The number of amides is 1. The summed E-state index contributed by atoms with van der Waals surface area (Å²) in [5.74, 6) is -4.02. The molecule has 0 atom stereocenters. The zero-order valence-electron chi connectivity index (χ0n) is 23.6. The van der Waals surface area contributed by atoms with Gasteiger partial charge in [-0.25, -0.2) is 21.2 Å². The lowest BCUT2D eigenvalue weighted by Crippen LogP contribution is -2.39. The monoisotopic (exact) mass is 602 g/mol. The van der Waals surface area contributed by atoms with Crippen LogP contribution in [0.2, 0.25) is 0 Å². The van der Waals surface area contributed by atoms with Crippen LogP contribution in [0.25, 0.3) is 22.0 Å². The molecule has 0 aliphatic carbocycles. The number of esters is 1. The average Bonchev–Trinajstić information content (AvgIpc) is 3.36. The number of halogens is 2. The summed E-state index contributed by atoms with van der Waals surface area (Å²) in [6.07, 6.45) is 1.49. The van der Waals surface area contributed by atoms with Crippen LogP contribution in [0.5, 0.6) is 0 Å². The fourth-order valence-corrected chi connectivity index (χ4v) is 6.14. The van der Waals surface area contributed by atoms with E-state index in [4.69, 9.17) is 4.74 Å². The normalized spacial score (nSPS) is 11.8. The molecule has 1 amide bonds. The molecule has 0 saturated heterocycles. The highest BCUT2D eigenvalue weighted by atomic mass is 32.2. The Balaban J connectivity index is 1.64. The molecule has 4 aromatic carbocycles. The molecule has 0 radical (unpaired) electrons. The van der Waals surface area contributed by atoms with Crippen molar-refractivity contribution in [3.63, 3.8) is 0 Å². The number of hydrogen-bond acceptors (Lipinski definition) is 5. The van der Waals surface area contributed by atoms with Crippen molar-refractivity contribution in [1.82, 2.24) is 3.97 Å². The van der Waals surface area contributed by atoms with Crippen LogP contribution in [0.3, 0.4) is 0 Å². The van der Waals surface area contributed by atoms with Gasteiger partial charge in [-0.05, 0) is 68.8 Å². The zero-order valence-corrected chi connectivity index (χ0v) is 24.4. The predicted octanol–water partition coefficient (Wildman–Crippen LogP) is 6.81. The molecular formula is C33H28F2N2O5S. The Labute approximate surface area is 248 Å². The van der Waals surface area contributed by atoms with Crippen LogP contribution in [-0.2, 0) is 19.6 Å². The van der Waals surface area contributed by atoms with Crippen LogP contribution in [-0.4, -0.2) is 36.4 Å². The lowest BCUT2D eigenvalue weighted by Gasteiger charge is -2.26. The second-order valence-electron chi connectivity index (χ2n) is 10.8. The average molecular weight is 603 g/mol. The van der Waals surface area contributed by atoms with Gasteiger partial charge in [-0.2, -0.15) is 0 Å². The maximum atomic E-state index is 14.7. The van der Waals surface area contributed by atoms with Crippen molar-refractivity contribution in [2.45, 2.75) is 31.3 Å². The standard InChI is InChI=1S/C33H28F2N2O5S/c1-33(2,3)42-30(38)21-36(32(39)31-27(34)16-10-17-28(31)35)23-12-9-11-22(19-23)26-20-37(29-18-8-7-15-25(26)29)43(40,41)24-13-5-4-6-14-24/h4-20H,21H2,1-3H3. The fourth-order valence-electron chi connectivity index (χ4n) is 4.75. The molecular weight excluding hydrogens is 574 g/mol. The second kappa shape index (κ2) is 11.4. The summed E-state index contributed by atoms with van der Waals surface area (Å²) in [4.78, 5) is 27.5. The molecule has 0 spiro atoms. The number of ether oxygens (including phenoxy) is 1. The maximum Gasteiger partial charge on any atom is 0.326 e. The van der Waals surface area contributed by atoms with E-state index in [1.54, 1.807) is 81.4 Å². The number of fused-ring (bicyclic) bond motifs is 1. The Morgan fingerprint density at radius 2 is 1.47 bits per heavy atom. The summed E-state index contributed by atoms with van der Waals surface area (Å²) in [7, 11) is -3.96. The first-order valence-electron chi connectivity index (χ1n) is 13.4. The summed E-state index contributed by atoms with van der Waals surface area (Å²) in [6, 6.07) is 24.4. The van der Waals surface area contributed by atoms with Crippen LogP contribution in [0, 0.1) is 11.6 Å². The van der Waals surface area contributed by atoms with Gasteiger partial charge in [0.25, 0.3) is 15.9 Å². The second-order valence-corrected chi connectivity index (χ2v) is 12.6. The number of benzene rings is 4. The van der Waals surface area contributed by atoms with Crippen molar-refractivity contribution in [2.24, 2.45) is 0 Å². The molecule has 0 aliphatic heterocycles. The Morgan fingerprint density at radius 3 is 2.14 bits per heavy atom. The van der Waals surface area contributed by atoms with Crippen LogP contribution in [0.1, 0.15) is 31.1 Å². The van der Waals surface area contributed by atoms with Crippen LogP contribution in [0.15, 0.2) is 108 Å². The first kappa shape index (κ1) is 29.7. The highest BCUT2D eigenvalue weighted by Crippen LogP contribution is 2.35. The van der Waals surface area contributed by atoms with Crippen LogP contribution in [0.4, 0.5) is 14.5 Å². The van der Waals surface area contributed by atoms with E-state index in [1.165, 1.54) is 28.4 Å².